The van der Waals surface area contributed by atoms with Crippen molar-refractivity contribution in [1.82, 2.24) is 10.2 Å². The standard InChI is InChI=1S/C24H26F3N5O2/c1-15-18(3-2-4-20(15)24(25,26)27)21(28)30-22-19-11-17(6-5-16(19)12-29-31-22)32-8-10-34-23(13-32)7-9-33-14-23/h2-6,11-12,21H,7-10,13-14,28H2,1H3,(H,30,31)/t21-,23-/m0/s1. The molecule has 2 aliphatic heterocycles. The molecule has 3 N–H and O–H groups in total. The molecule has 2 fully saturated rings. The first-order valence-electron chi connectivity index (χ1n) is 11.2. The second-order valence-electron chi connectivity index (χ2n) is 8.86. The van der Waals surface area contributed by atoms with Crippen molar-refractivity contribution in [3.05, 3.63) is 59.3 Å². The lowest BCUT2D eigenvalue weighted by Crippen LogP contribution is -2.52. The largest absolute Gasteiger partial charge is 0.416 e. The van der Waals surface area contributed by atoms with Crippen LogP contribution >= 0.6 is 0 Å². The van der Waals surface area contributed by atoms with Crippen LogP contribution in [0, 0.1) is 6.92 Å². The van der Waals surface area contributed by atoms with Crippen LogP contribution in [0.2, 0.25) is 0 Å². The topological polar surface area (TPSA) is 85.5 Å². The van der Waals surface area contributed by atoms with E-state index in [0.29, 0.717) is 31.2 Å². The van der Waals surface area contributed by atoms with Crippen LogP contribution in [0.4, 0.5) is 24.7 Å². The van der Waals surface area contributed by atoms with Crippen LogP contribution in [0.3, 0.4) is 0 Å². The van der Waals surface area contributed by atoms with Crippen LogP contribution in [0.1, 0.15) is 29.3 Å². The molecule has 0 aliphatic carbocycles. The summed E-state index contributed by atoms with van der Waals surface area (Å²) < 4.78 is 51.7. The van der Waals surface area contributed by atoms with Crippen molar-refractivity contribution < 1.29 is 22.6 Å². The van der Waals surface area contributed by atoms with Gasteiger partial charge in [0.25, 0.3) is 0 Å². The molecule has 5 rings (SSSR count). The molecule has 2 aromatic carbocycles. The van der Waals surface area contributed by atoms with E-state index < -0.39 is 17.9 Å². The number of morpholine rings is 1. The number of aromatic nitrogens is 2. The third kappa shape index (κ3) is 4.28. The van der Waals surface area contributed by atoms with Crippen LogP contribution in [0.15, 0.2) is 42.6 Å². The smallest absolute Gasteiger partial charge is 0.378 e. The van der Waals surface area contributed by atoms with Crippen molar-refractivity contribution >= 4 is 22.3 Å². The number of nitrogens with two attached hydrogens (primary N) is 1. The molecule has 3 heterocycles. The Balaban J connectivity index is 1.44. The molecular formula is C24H26F3N5O2. The highest BCUT2D eigenvalue weighted by atomic mass is 19.4. The van der Waals surface area contributed by atoms with Crippen LogP contribution in [-0.2, 0) is 15.7 Å². The van der Waals surface area contributed by atoms with Crippen molar-refractivity contribution in [3.63, 3.8) is 0 Å². The summed E-state index contributed by atoms with van der Waals surface area (Å²) in [5.41, 5.74) is 6.75. The Kier molecular flexibility index (Phi) is 5.83. The van der Waals surface area contributed by atoms with Gasteiger partial charge < -0.3 is 25.4 Å². The monoisotopic (exact) mass is 473 g/mol. The number of halogens is 3. The minimum absolute atomic E-state index is 0.0845. The van der Waals surface area contributed by atoms with Gasteiger partial charge in [-0.3, -0.25) is 0 Å². The fourth-order valence-corrected chi connectivity index (χ4v) is 4.78. The Labute approximate surface area is 195 Å². The van der Waals surface area contributed by atoms with Gasteiger partial charge in [0.05, 0.1) is 25.0 Å². The zero-order valence-corrected chi connectivity index (χ0v) is 18.7. The van der Waals surface area contributed by atoms with Crippen LogP contribution in [-0.4, -0.2) is 48.7 Å². The van der Waals surface area contributed by atoms with E-state index >= 15 is 0 Å². The van der Waals surface area contributed by atoms with Gasteiger partial charge in [-0.1, -0.05) is 18.2 Å². The zero-order chi connectivity index (χ0) is 23.9. The van der Waals surface area contributed by atoms with Gasteiger partial charge in [0.15, 0.2) is 5.82 Å². The molecule has 180 valence electrons. The van der Waals surface area contributed by atoms with E-state index in [9.17, 15) is 13.2 Å². The summed E-state index contributed by atoms with van der Waals surface area (Å²) in [4.78, 5) is 2.26. The highest BCUT2D eigenvalue weighted by Crippen LogP contribution is 2.36. The summed E-state index contributed by atoms with van der Waals surface area (Å²) >= 11 is 0. The molecule has 1 spiro atoms. The first kappa shape index (κ1) is 22.8. The van der Waals surface area contributed by atoms with Crippen molar-refractivity contribution in [2.75, 3.05) is 43.1 Å². The van der Waals surface area contributed by atoms with Crippen LogP contribution in [0.5, 0.6) is 0 Å². The lowest BCUT2D eigenvalue weighted by molar-refractivity contribution is -0.138. The van der Waals surface area contributed by atoms with Gasteiger partial charge in [0.1, 0.15) is 11.8 Å². The molecule has 2 aliphatic rings. The highest BCUT2D eigenvalue weighted by molar-refractivity contribution is 5.93. The van der Waals surface area contributed by atoms with E-state index in [1.807, 2.05) is 18.2 Å². The Hall–Kier alpha value is -2.95. The quantitative estimate of drug-likeness (QED) is 0.554. The number of ether oxygens (including phenoxy) is 2. The number of alkyl halides is 3. The molecule has 3 aromatic rings. The highest BCUT2D eigenvalue weighted by Gasteiger charge is 2.40. The lowest BCUT2D eigenvalue weighted by atomic mass is 9.99. The van der Waals surface area contributed by atoms with E-state index in [1.165, 1.54) is 13.0 Å². The third-order valence-corrected chi connectivity index (χ3v) is 6.64. The number of nitrogens with zero attached hydrogens (tertiary/aromatic N) is 3. The molecule has 10 heteroatoms. The molecule has 2 atom stereocenters. The molecule has 0 unspecified atom stereocenters. The van der Waals surface area contributed by atoms with Crippen molar-refractivity contribution in [2.24, 2.45) is 5.73 Å². The van der Waals surface area contributed by atoms with E-state index in [-0.39, 0.29) is 11.2 Å². The fourth-order valence-electron chi connectivity index (χ4n) is 4.78. The number of fused-ring (bicyclic) bond motifs is 1. The molecule has 1 aromatic heterocycles. The summed E-state index contributed by atoms with van der Waals surface area (Å²) in [6, 6.07) is 9.99. The van der Waals surface area contributed by atoms with Gasteiger partial charge in [-0.25, -0.2) is 0 Å². The SMILES string of the molecule is Cc1c([C@@H](N)Nc2nncc3ccc(N4CCO[C@@]5(CCOC5)C4)cc23)cccc1C(F)(F)F. The van der Waals surface area contributed by atoms with E-state index in [2.05, 4.69) is 20.4 Å². The summed E-state index contributed by atoms with van der Waals surface area (Å²) in [6.45, 7) is 4.79. The van der Waals surface area contributed by atoms with E-state index in [4.69, 9.17) is 15.2 Å². The average molecular weight is 473 g/mol. The van der Waals surface area contributed by atoms with Gasteiger partial charge in [0, 0.05) is 42.6 Å². The summed E-state index contributed by atoms with van der Waals surface area (Å²) in [5.74, 6) is 0.413. The van der Waals surface area contributed by atoms with Crippen molar-refractivity contribution in [1.29, 1.82) is 0 Å². The van der Waals surface area contributed by atoms with Gasteiger partial charge >= 0.3 is 6.18 Å². The number of benzene rings is 2. The van der Waals surface area contributed by atoms with Gasteiger partial charge in [-0.05, 0) is 36.2 Å². The minimum atomic E-state index is -4.45. The number of hydrogen-bond donors (Lipinski definition) is 2. The number of anilines is 2. The Bertz CT molecular complexity index is 1200. The molecular weight excluding hydrogens is 447 g/mol. The number of nitrogens with one attached hydrogen (secondary N) is 1. The Morgan fingerprint density at radius 1 is 1.21 bits per heavy atom. The minimum Gasteiger partial charge on any atom is -0.378 e. The van der Waals surface area contributed by atoms with Crippen molar-refractivity contribution in [2.45, 2.75) is 31.3 Å². The van der Waals surface area contributed by atoms with E-state index in [1.54, 1.807) is 12.3 Å². The van der Waals surface area contributed by atoms with Crippen LogP contribution < -0.4 is 16.0 Å². The summed E-state index contributed by atoms with van der Waals surface area (Å²) in [6.07, 6.45) is -2.83. The molecule has 0 radical (unpaired) electrons. The maximum atomic E-state index is 13.4. The molecule has 7 nitrogen and oxygen atoms in total. The molecule has 0 bridgehead atoms. The number of rotatable bonds is 4. The average Bonchev–Trinajstić information content (AvgIpc) is 3.25. The molecule has 0 saturated carbocycles. The maximum absolute atomic E-state index is 13.4. The molecule has 34 heavy (non-hydrogen) atoms. The van der Waals surface area contributed by atoms with Gasteiger partial charge in [-0.2, -0.15) is 18.3 Å². The van der Waals surface area contributed by atoms with Crippen LogP contribution in [0.25, 0.3) is 10.8 Å². The lowest BCUT2D eigenvalue weighted by Gasteiger charge is -2.40. The first-order valence-corrected chi connectivity index (χ1v) is 11.2. The predicted octanol–water partition coefficient (Wildman–Crippen LogP) is 4.02. The maximum Gasteiger partial charge on any atom is 0.416 e. The van der Waals surface area contributed by atoms with Gasteiger partial charge in [0.2, 0.25) is 0 Å². The van der Waals surface area contributed by atoms with E-state index in [0.717, 1.165) is 42.0 Å². The van der Waals surface area contributed by atoms with Gasteiger partial charge in [-0.15, -0.1) is 5.10 Å². The predicted molar refractivity (Wildman–Crippen MR) is 123 cm³/mol. The summed E-state index contributed by atoms with van der Waals surface area (Å²) in [7, 11) is 0. The Morgan fingerprint density at radius 3 is 2.82 bits per heavy atom. The Morgan fingerprint density at radius 2 is 2.06 bits per heavy atom. The summed E-state index contributed by atoms with van der Waals surface area (Å²) in [5, 5.41) is 13.0. The second-order valence-corrected chi connectivity index (χ2v) is 8.86. The van der Waals surface area contributed by atoms with Crippen molar-refractivity contribution in [3.8, 4) is 0 Å². The first-order chi connectivity index (χ1) is 16.3. The third-order valence-electron chi connectivity index (χ3n) is 6.64. The number of hydrogen-bond acceptors (Lipinski definition) is 7. The fraction of sp³-hybridized carbons (Fsp3) is 0.417. The molecule has 0 amide bonds. The zero-order valence-electron chi connectivity index (χ0n) is 18.7. The normalized spacial score (nSPS) is 21.9. The second kappa shape index (κ2) is 8.68. The molecule has 2 saturated heterocycles.